The van der Waals surface area contributed by atoms with Gasteiger partial charge < -0.3 is 47.3 Å². The summed E-state index contributed by atoms with van der Waals surface area (Å²) < 4.78 is 55.3. The number of methoxy groups -OCH3 is 5. The van der Waals surface area contributed by atoms with Crippen molar-refractivity contribution in [2.75, 3.05) is 55.7 Å². The first-order valence-corrected chi connectivity index (χ1v) is 18.5. The van der Waals surface area contributed by atoms with E-state index in [1.54, 1.807) is 34.5 Å². The quantitative estimate of drug-likeness (QED) is 0.0120. The van der Waals surface area contributed by atoms with Gasteiger partial charge >= 0.3 is 11.9 Å². The Morgan fingerprint density at radius 3 is 1.75 bits per heavy atom. The fourth-order valence-electron chi connectivity index (χ4n) is 5.85. The first-order chi connectivity index (χ1) is 24.3. The molecule has 0 N–H and O–H groups in total. The third-order valence-corrected chi connectivity index (χ3v) is 9.13. The summed E-state index contributed by atoms with van der Waals surface area (Å²) in [6, 6.07) is 0. The van der Waals surface area contributed by atoms with Crippen LogP contribution in [-0.2, 0) is 52.1 Å². The van der Waals surface area contributed by atoms with Crippen LogP contribution in [0.4, 0.5) is 0 Å². The van der Waals surface area contributed by atoms with Crippen molar-refractivity contribution < 1.29 is 52.1 Å². The highest BCUT2D eigenvalue weighted by Crippen LogP contribution is 2.45. The number of hydrogen-bond donors (Lipinski definition) is 1. The number of rotatable bonds is 27. The number of thiol groups is 1. The average molecular weight is 759 g/mol. The lowest BCUT2D eigenvalue weighted by Gasteiger charge is -2.29. The van der Waals surface area contributed by atoms with Crippen molar-refractivity contribution >= 4 is 33.5 Å². The highest BCUT2D eigenvalue weighted by Gasteiger charge is 2.58. The second-order valence-electron chi connectivity index (χ2n) is 12.9. The molecule has 0 aromatic rings. The average Bonchev–Trinajstić information content (AvgIpc) is 4.01. The van der Waals surface area contributed by atoms with E-state index in [-0.39, 0.29) is 73.6 Å². The molecule has 0 bridgehead atoms. The van der Waals surface area contributed by atoms with Crippen molar-refractivity contribution in [3.8, 4) is 0 Å². The van der Waals surface area contributed by atoms with E-state index in [2.05, 4.69) is 58.6 Å². The zero-order chi connectivity index (χ0) is 38.5. The molecule has 2 saturated heterocycles. The van der Waals surface area contributed by atoms with Crippen molar-refractivity contribution in [2.45, 2.75) is 101 Å². The molecular weight excluding hydrogens is 694 g/mol. The van der Waals surface area contributed by atoms with Gasteiger partial charge in [0.15, 0.2) is 0 Å². The molecule has 2 aliphatic rings. The molecule has 0 saturated carbocycles. The molecule has 51 heavy (non-hydrogen) atoms. The number of epoxide rings is 2. The van der Waals surface area contributed by atoms with Crippen molar-refractivity contribution in [3.63, 3.8) is 0 Å². The van der Waals surface area contributed by atoms with Crippen LogP contribution in [0.15, 0.2) is 61.8 Å². The van der Waals surface area contributed by atoms with Gasteiger partial charge in [-0.05, 0) is 45.6 Å². The summed E-state index contributed by atoms with van der Waals surface area (Å²) in [6.45, 7) is 16.5. The van der Waals surface area contributed by atoms with Gasteiger partial charge in [0.05, 0.1) is 38.1 Å². The molecule has 2 aliphatic heterocycles. The smallest absolute Gasteiger partial charge is 0.380 e. The number of unbranched alkanes of at least 4 members (excludes halogenated alkanes) is 2. The number of esters is 1. The van der Waals surface area contributed by atoms with Crippen molar-refractivity contribution in [1.29, 1.82) is 0 Å². The van der Waals surface area contributed by atoms with E-state index in [0.29, 0.717) is 6.61 Å². The van der Waals surface area contributed by atoms with Crippen LogP contribution in [0.2, 0.25) is 0 Å². The SMILES string of the molecule is C=CCC/C=C/[C@H](OC)[C@@H](OCOC)[C@H](C)[C@H]1O[C@@]1(C)/C=C/C(=O)OC.C=CCC/C=C/[C@H](OC)[C@@H](OCOC)[C@H](C)[C@H]1O[C@@]1(C)COB(P)S. The van der Waals surface area contributed by atoms with Crippen LogP contribution in [0.1, 0.15) is 53.4 Å². The normalized spacial score (nSPS) is 26.2. The highest BCUT2D eigenvalue weighted by atomic mass is 32.1. The summed E-state index contributed by atoms with van der Waals surface area (Å²) in [5, 5.41) is 0. The summed E-state index contributed by atoms with van der Waals surface area (Å²) in [5.74, 6) is -0.468. The lowest BCUT2D eigenvalue weighted by Crippen LogP contribution is -2.40. The zero-order valence-corrected chi connectivity index (χ0v) is 34.2. The molecule has 0 spiro atoms. The molecule has 0 aliphatic carbocycles. The van der Waals surface area contributed by atoms with E-state index < -0.39 is 11.6 Å². The summed E-state index contributed by atoms with van der Waals surface area (Å²) in [5.41, 5.74) is -0.844. The third kappa shape index (κ3) is 17.1. The Labute approximate surface area is 315 Å². The number of ether oxygens (including phenoxy) is 9. The fraction of sp³-hybridized carbons (Fsp3) is 0.703. The van der Waals surface area contributed by atoms with Gasteiger partial charge in [-0.1, -0.05) is 50.3 Å². The first kappa shape index (κ1) is 47.7. The van der Waals surface area contributed by atoms with E-state index in [1.165, 1.54) is 13.2 Å². The molecule has 11 nitrogen and oxygen atoms in total. The Hall–Kier alpha value is -1.35. The summed E-state index contributed by atoms with van der Waals surface area (Å²) >= 11 is 4.22. The highest BCUT2D eigenvalue weighted by molar-refractivity contribution is 8.23. The number of allylic oxidation sites excluding steroid dienone is 4. The van der Waals surface area contributed by atoms with Crippen LogP contribution >= 0.6 is 21.6 Å². The summed E-state index contributed by atoms with van der Waals surface area (Å²) in [4.78, 5) is 11.3. The molecule has 0 aromatic heterocycles. The van der Waals surface area contributed by atoms with Crippen LogP contribution < -0.4 is 0 Å². The van der Waals surface area contributed by atoms with Crippen LogP contribution in [0.5, 0.6) is 0 Å². The molecule has 2 heterocycles. The van der Waals surface area contributed by atoms with Gasteiger partial charge in [0, 0.05) is 46.4 Å². The molecule has 14 heteroatoms. The zero-order valence-electron chi connectivity index (χ0n) is 32.2. The van der Waals surface area contributed by atoms with Crippen molar-refractivity contribution in [3.05, 3.63) is 61.8 Å². The molecule has 0 radical (unpaired) electrons. The van der Waals surface area contributed by atoms with Gasteiger partial charge in [-0.2, -0.15) is 12.5 Å². The minimum Gasteiger partial charge on any atom is -0.466 e. The van der Waals surface area contributed by atoms with Gasteiger partial charge in [0.1, 0.15) is 37.0 Å². The lowest BCUT2D eigenvalue weighted by molar-refractivity contribution is -0.134. The molecular formula is C37H64BO11PS. The van der Waals surface area contributed by atoms with Gasteiger partial charge in [-0.3, -0.25) is 0 Å². The summed E-state index contributed by atoms with van der Waals surface area (Å²) in [7, 11) is 10.4. The molecule has 2 fully saturated rings. The lowest BCUT2D eigenvalue weighted by atomic mass is 9.89. The third-order valence-electron chi connectivity index (χ3n) is 8.79. The Bertz CT molecular complexity index is 1090. The first-order valence-electron chi connectivity index (χ1n) is 17.3. The Kier molecular flexibility index (Phi) is 24.0. The second-order valence-corrected chi connectivity index (χ2v) is 14.6. The van der Waals surface area contributed by atoms with Crippen LogP contribution in [0.25, 0.3) is 0 Å². The number of carbonyl (C=O) groups is 1. The maximum atomic E-state index is 11.3. The molecule has 2 rings (SSSR count). The van der Waals surface area contributed by atoms with Crippen molar-refractivity contribution in [2.24, 2.45) is 11.8 Å². The Balaban J connectivity index is 0.000000510. The predicted molar refractivity (Wildman–Crippen MR) is 209 cm³/mol. The minimum atomic E-state index is -0.521. The van der Waals surface area contributed by atoms with Crippen LogP contribution in [-0.4, -0.2) is 115 Å². The van der Waals surface area contributed by atoms with Gasteiger partial charge in [0.25, 0.3) is 0 Å². The number of carbonyl (C=O) groups excluding carboxylic acids is 1. The molecule has 292 valence electrons. The monoisotopic (exact) mass is 758 g/mol. The second kappa shape index (κ2) is 25.6. The standard InChI is InChI=1S/C20H32O6.C17H32BO5PS/c1-7-8-9-10-11-16(23-5)18(25-14-22-4)15(2)19-20(3,26-19)13-12-17(21)24-6;1-6-7-8-9-10-14(20-5)15(21-12-19-4)13(2)16-17(3,23-16)11-22-18(24)25/h7,10-13,15-16,18-19H,1,8-9,14H2,2-6H3;6,9-10,13-16,25H,1,7-8,11-12,24H2,2-5H3/b11-10+,13-12+;10-9+/t15-,16-,18-,19+,20-;13-,14-,15-,16+,17-/m00/s1. The predicted octanol–water partition coefficient (Wildman–Crippen LogP) is 6.15. The van der Waals surface area contributed by atoms with E-state index in [1.807, 2.05) is 45.1 Å². The Morgan fingerprint density at radius 1 is 0.843 bits per heavy atom. The van der Waals surface area contributed by atoms with Crippen LogP contribution in [0, 0.1) is 11.8 Å². The molecule has 11 atom stereocenters. The van der Waals surface area contributed by atoms with Gasteiger partial charge in [0.2, 0.25) is 0 Å². The van der Waals surface area contributed by atoms with E-state index in [0.717, 1.165) is 25.7 Å². The maximum absolute atomic E-state index is 11.3. The van der Waals surface area contributed by atoms with Crippen molar-refractivity contribution in [1.82, 2.24) is 0 Å². The maximum Gasteiger partial charge on any atom is 0.380 e. The largest absolute Gasteiger partial charge is 0.466 e. The van der Waals surface area contributed by atoms with Gasteiger partial charge in [-0.15, -0.1) is 22.3 Å². The van der Waals surface area contributed by atoms with E-state index >= 15 is 0 Å². The summed E-state index contributed by atoms with van der Waals surface area (Å²) in [6.07, 6.45) is 17.9. The van der Waals surface area contributed by atoms with Gasteiger partial charge in [-0.25, -0.2) is 4.79 Å². The van der Waals surface area contributed by atoms with Crippen LogP contribution in [0.3, 0.4) is 0 Å². The topological polar surface area (TPSA) is 116 Å². The van der Waals surface area contributed by atoms with E-state index in [9.17, 15) is 4.79 Å². The fourth-order valence-corrected chi connectivity index (χ4v) is 6.02. The minimum absolute atomic E-state index is 0.0199. The number of hydrogen-bond acceptors (Lipinski definition) is 12. The van der Waals surface area contributed by atoms with E-state index in [4.69, 9.17) is 42.5 Å². The Morgan fingerprint density at radius 2 is 1.33 bits per heavy atom. The molecule has 1 unspecified atom stereocenters. The molecule has 0 amide bonds. The molecule has 0 aromatic carbocycles.